The van der Waals surface area contributed by atoms with Gasteiger partial charge in [0, 0.05) is 6.42 Å². The molecule has 1 unspecified atom stereocenters. The third-order valence-corrected chi connectivity index (χ3v) is 3.34. The molecule has 0 aromatic heterocycles. The number of nitrogens with one attached hydrogen (secondary N) is 2. The minimum Gasteiger partial charge on any atom is -0.497 e. The van der Waals surface area contributed by atoms with Crippen LogP contribution in [0.25, 0.3) is 0 Å². The number of hydrogen-bond donors (Lipinski definition) is 3. The van der Waals surface area contributed by atoms with Crippen molar-refractivity contribution in [3.63, 3.8) is 0 Å². The Labute approximate surface area is 152 Å². The van der Waals surface area contributed by atoms with E-state index in [1.807, 2.05) is 0 Å². The molecule has 0 aliphatic carbocycles. The molecule has 0 spiro atoms. The first-order chi connectivity index (χ1) is 12.0. The van der Waals surface area contributed by atoms with Crippen LogP contribution in [0.15, 0.2) is 24.3 Å². The number of aliphatic carboxylic acids is 1. The standard InChI is InChI=1S/C18H26N2O6/c1-11(19-17(24)26-18(2,3)4)15(21)20-14(16(22)23)10-12-6-8-13(25-5)9-7-12/h6-9,11,14H,10H2,1-5H3,(H,19,24)(H,20,21)(H,22,23)/t11-,14?/m1/s1. The van der Waals surface area contributed by atoms with Crippen molar-refractivity contribution in [3.8, 4) is 5.75 Å². The third kappa shape index (κ3) is 7.42. The fraction of sp³-hybridized carbons (Fsp3) is 0.500. The summed E-state index contributed by atoms with van der Waals surface area (Å²) in [6.07, 6.45) is -0.647. The maximum atomic E-state index is 12.2. The quantitative estimate of drug-likeness (QED) is 0.677. The molecule has 1 aromatic carbocycles. The molecule has 8 heteroatoms. The van der Waals surface area contributed by atoms with Crippen molar-refractivity contribution in [1.29, 1.82) is 0 Å². The van der Waals surface area contributed by atoms with Gasteiger partial charge in [-0.3, -0.25) is 4.79 Å². The number of rotatable bonds is 7. The van der Waals surface area contributed by atoms with E-state index in [1.165, 1.54) is 14.0 Å². The average molecular weight is 366 g/mol. The summed E-state index contributed by atoms with van der Waals surface area (Å²) in [5, 5.41) is 14.1. The van der Waals surface area contributed by atoms with Crippen LogP contribution in [-0.4, -0.2) is 47.9 Å². The molecule has 2 amide bonds. The van der Waals surface area contributed by atoms with Crippen LogP contribution >= 0.6 is 0 Å². The highest BCUT2D eigenvalue weighted by Crippen LogP contribution is 2.13. The van der Waals surface area contributed by atoms with Crippen LogP contribution in [0.5, 0.6) is 5.75 Å². The lowest BCUT2D eigenvalue weighted by molar-refractivity contribution is -0.142. The molecule has 0 fully saturated rings. The van der Waals surface area contributed by atoms with Crippen LogP contribution in [0.1, 0.15) is 33.3 Å². The number of carboxylic acid groups (broad SMARTS) is 1. The number of amides is 2. The Morgan fingerprint density at radius 3 is 2.15 bits per heavy atom. The summed E-state index contributed by atoms with van der Waals surface area (Å²) in [4.78, 5) is 35.3. The monoisotopic (exact) mass is 366 g/mol. The van der Waals surface area contributed by atoms with Gasteiger partial charge in [-0.15, -0.1) is 0 Å². The van der Waals surface area contributed by atoms with E-state index in [1.54, 1.807) is 45.0 Å². The van der Waals surface area contributed by atoms with Gasteiger partial charge in [-0.1, -0.05) is 12.1 Å². The predicted octanol–water partition coefficient (Wildman–Crippen LogP) is 1.72. The Hall–Kier alpha value is -2.77. The van der Waals surface area contributed by atoms with Crippen molar-refractivity contribution >= 4 is 18.0 Å². The smallest absolute Gasteiger partial charge is 0.408 e. The van der Waals surface area contributed by atoms with Gasteiger partial charge in [-0.25, -0.2) is 9.59 Å². The van der Waals surface area contributed by atoms with E-state index < -0.39 is 35.7 Å². The lowest BCUT2D eigenvalue weighted by Gasteiger charge is -2.22. The van der Waals surface area contributed by atoms with E-state index >= 15 is 0 Å². The molecule has 1 aromatic rings. The Balaban J connectivity index is 2.66. The van der Waals surface area contributed by atoms with Gasteiger partial charge in [0.05, 0.1) is 7.11 Å². The number of carbonyl (C=O) groups is 3. The topological polar surface area (TPSA) is 114 Å². The van der Waals surface area contributed by atoms with Gasteiger partial charge in [0.2, 0.25) is 5.91 Å². The van der Waals surface area contributed by atoms with Crippen molar-refractivity contribution in [1.82, 2.24) is 10.6 Å². The molecule has 0 saturated carbocycles. The van der Waals surface area contributed by atoms with Gasteiger partial charge in [0.15, 0.2) is 0 Å². The summed E-state index contributed by atoms with van der Waals surface area (Å²) in [5.74, 6) is -1.13. The van der Waals surface area contributed by atoms with E-state index in [9.17, 15) is 19.5 Å². The van der Waals surface area contributed by atoms with Crippen LogP contribution in [0, 0.1) is 0 Å². The second-order valence-corrected chi connectivity index (χ2v) is 6.82. The maximum Gasteiger partial charge on any atom is 0.408 e. The number of hydrogen-bond acceptors (Lipinski definition) is 5. The number of benzene rings is 1. The highest BCUT2D eigenvalue weighted by atomic mass is 16.6. The Kier molecular flexibility index (Phi) is 7.42. The second kappa shape index (κ2) is 9.07. The van der Waals surface area contributed by atoms with E-state index in [4.69, 9.17) is 9.47 Å². The summed E-state index contributed by atoms with van der Waals surface area (Å²) in [6.45, 7) is 6.55. The molecule has 2 atom stereocenters. The zero-order valence-corrected chi connectivity index (χ0v) is 15.7. The Morgan fingerprint density at radius 2 is 1.69 bits per heavy atom. The van der Waals surface area contributed by atoms with Gasteiger partial charge in [-0.05, 0) is 45.4 Å². The van der Waals surface area contributed by atoms with Crippen molar-refractivity contribution in [2.24, 2.45) is 0 Å². The molecule has 0 bridgehead atoms. The molecule has 0 saturated heterocycles. The zero-order valence-electron chi connectivity index (χ0n) is 15.7. The van der Waals surface area contributed by atoms with Crippen LogP contribution < -0.4 is 15.4 Å². The van der Waals surface area contributed by atoms with Gasteiger partial charge in [0.1, 0.15) is 23.4 Å². The van der Waals surface area contributed by atoms with E-state index in [2.05, 4.69) is 10.6 Å². The van der Waals surface area contributed by atoms with Gasteiger partial charge in [-0.2, -0.15) is 0 Å². The van der Waals surface area contributed by atoms with Gasteiger partial charge in [0.25, 0.3) is 0 Å². The molecule has 0 aliphatic heterocycles. The second-order valence-electron chi connectivity index (χ2n) is 6.82. The Bertz CT molecular complexity index is 636. The first-order valence-corrected chi connectivity index (χ1v) is 8.17. The lowest BCUT2D eigenvalue weighted by atomic mass is 10.1. The number of carboxylic acids is 1. The van der Waals surface area contributed by atoms with Gasteiger partial charge < -0.3 is 25.2 Å². The van der Waals surface area contributed by atoms with E-state index in [-0.39, 0.29) is 6.42 Å². The minimum atomic E-state index is -1.17. The SMILES string of the molecule is COc1ccc(CC(NC(=O)[C@@H](C)NC(=O)OC(C)(C)C)C(=O)O)cc1. The largest absolute Gasteiger partial charge is 0.497 e. The molecule has 0 radical (unpaired) electrons. The number of ether oxygens (including phenoxy) is 2. The van der Waals surface area contributed by atoms with E-state index in [0.29, 0.717) is 5.75 Å². The lowest BCUT2D eigenvalue weighted by Crippen LogP contribution is -2.51. The molecule has 1 rings (SSSR count). The fourth-order valence-corrected chi connectivity index (χ4v) is 2.04. The van der Waals surface area contributed by atoms with Crippen molar-refractivity contribution < 1.29 is 29.0 Å². The third-order valence-electron chi connectivity index (χ3n) is 3.34. The average Bonchev–Trinajstić information content (AvgIpc) is 2.52. The molecular formula is C18H26N2O6. The van der Waals surface area contributed by atoms with E-state index in [0.717, 1.165) is 5.56 Å². The summed E-state index contributed by atoms with van der Waals surface area (Å²) in [6, 6.07) is 4.80. The normalized spacial score (nSPS) is 13.3. The van der Waals surface area contributed by atoms with Gasteiger partial charge >= 0.3 is 12.1 Å². The first kappa shape index (κ1) is 21.3. The molecule has 0 aliphatic rings. The summed E-state index contributed by atoms with van der Waals surface area (Å²) in [7, 11) is 1.54. The number of carbonyl (C=O) groups excluding carboxylic acids is 2. The summed E-state index contributed by atoms with van der Waals surface area (Å²) < 4.78 is 10.1. The Morgan fingerprint density at radius 1 is 1.12 bits per heavy atom. The maximum absolute atomic E-state index is 12.2. The molecule has 8 nitrogen and oxygen atoms in total. The van der Waals surface area contributed by atoms with Crippen LogP contribution in [-0.2, 0) is 20.7 Å². The van der Waals surface area contributed by atoms with Crippen molar-refractivity contribution in [3.05, 3.63) is 29.8 Å². The van der Waals surface area contributed by atoms with Crippen LogP contribution in [0.3, 0.4) is 0 Å². The highest BCUT2D eigenvalue weighted by molar-refractivity contribution is 5.89. The van der Waals surface area contributed by atoms with Crippen LogP contribution in [0.4, 0.5) is 4.79 Å². The number of methoxy groups -OCH3 is 1. The molecule has 144 valence electrons. The molecular weight excluding hydrogens is 340 g/mol. The predicted molar refractivity (Wildman–Crippen MR) is 95.1 cm³/mol. The zero-order chi connectivity index (χ0) is 19.9. The molecule has 3 N–H and O–H groups in total. The first-order valence-electron chi connectivity index (χ1n) is 8.17. The van der Waals surface area contributed by atoms with Crippen molar-refractivity contribution in [2.75, 3.05) is 7.11 Å². The fourth-order valence-electron chi connectivity index (χ4n) is 2.04. The minimum absolute atomic E-state index is 0.101. The summed E-state index contributed by atoms with van der Waals surface area (Å²) >= 11 is 0. The van der Waals surface area contributed by atoms with Crippen molar-refractivity contribution in [2.45, 2.75) is 51.8 Å². The highest BCUT2D eigenvalue weighted by Gasteiger charge is 2.25. The number of alkyl carbamates (subject to hydrolysis) is 1. The summed E-state index contributed by atoms with van der Waals surface area (Å²) in [5.41, 5.74) is 0.0318. The van der Waals surface area contributed by atoms with Crippen LogP contribution in [0.2, 0.25) is 0 Å². The molecule has 0 heterocycles. The molecule has 26 heavy (non-hydrogen) atoms.